The van der Waals surface area contributed by atoms with Crippen LogP contribution in [0.5, 0.6) is 0 Å². The van der Waals surface area contributed by atoms with Crippen molar-refractivity contribution >= 4 is 31.6 Å². The van der Waals surface area contributed by atoms with Gasteiger partial charge in [0.15, 0.2) is 0 Å². The zero-order chi connectivity index (χ0) is 14.8. The van der Waals surface area contributed by atoms with Gasteiger partial charge in [0, 0.05) is 35.6 Å². The van der Waals surface area contributed by atoms with E-state index in [1.165, 1.54) is 0 Å². The van der Waals surface area contributed by atoms with Gasteiger partial charge in [-0.1, -0.05) is 15.9 Å². The van der Waals surface area contributed by atoms with E-state index in [9.17, 15) is 8.42 Å². The average molecular weight is 359 g/mol. The predicted molar refractivity (Wildman–Crippen MR) is 80.7 cm³/mol. The summed E-state index contributed by atoms with van der Waals surface area (Å²) in [5, 5.41) is 0. The Morgan fingerprint density at radius 2 is 2.20 bits per heavy atom. The van der Waals surface area contributed by atoms with Crippen molar-refractivity contribution in [1.29, 1.82) is 0 Å². The van der Waals surface area contributed by atoms with E-state index in [4.69, 9.17) is 5.73 Å². The molecule has 2 aromatic rings. The Balaban J connectivity index is 2.14. The Morgan fingerprint density at radius 1 is 1.45 bits per heavy atom. The third-order valence-corrected chi connectivity index (χ3v) is 4.92. The monoisotopic (exact) mass is 358 g/mol. The highest BCUT2D eigenvalue weighted by Gasteiger charge is 2.18. The van der Waals surface area contributed by atoms with Crippen LogP contribution in [0.4, 0.5) is 5.69 Å². The standard InChI is InChI=1S/C12H15BrN4O2S/c1-9-11(14)6-10(13)7-12(9)20(18,19)16-3-5-17-4-2-15-8-17/h2,4,6-8,16H,3,5,14H2,1H3. The van der Waals surface area contributed by atoms with E-state index < -0.39 is 10.0 Å². The minimum atomic E-state index is -3.58. The number of hydrogen-bond donors (Lipinski definition) is 2. The van der Waals surface area contributed by atoms with Crippen LogP contribution in [-0.4, -0.2) is 24.5 Å². The lowest BCUT2D eigenvalue weighted by molar-refractivity contribution is 0.572. The van der Waals surface area contributed by atoms with Gasteiger partial charge >= 0.3 is 0 Å². The van der Waals surface area contributed by atoms with Gasteiger partial charge in [0.05, 0.1) is 11.2 Å². The summed E-state index contributed by atoms with van der Waals surface area (Å²) in [6.07, 6.45) is 5.06. The van der Waals surface area contributed by atoms with Crippen LogP contribution < -0.4 is 10.5 Å². The van der Waals surface area contributed by atoms with Crippen molar-refractivity contribution in [2.75, 3.05) is 12.3 Å². The molecular formula is C12H15BrN4O2S. The molecule has 0 unspecified atom stereocenters. The Kier molecular flexibility index (Phi) is 4.46. The first-order valence-electron chi connectivity index (χ1n) is 5.91. The summed E-state index contributed by atoms with van der Waals surface area (Å²) in [6.45, 7) is 2.48. The zero-order valence-electron chi connectivity index (χ0n) is 10.9. The number of rotatable bonds is 5. The van der Waals surface area contributed by atoms with Gasteiger partial charge in [0.25, 0.3) is 0 Å². The highest BCUT2D eigenvalue weighted by atomic mass is 79.9. The van der Waals surface area contributed by atoms with E-state index in [1.807, 2.05) is 0 Å². The lowest BCUT2D eigenvalue weighted by Gasteiger charge is -2.12. The summed E-state index contributed by atoms with van der Waals surface area (Å²) in [5.41, 5.74) is 6.77. The summed E-state index contributed by atoms with van der Waals surface area (Å²) in [6, 6.07) is 3.23. The van der Waals surface area contributed by atoms with Crippen molar-refractivity contribution < 1.29 is 8.42 Å². The molecule has 8 heteroatoms. The molecule has 3 N–H and O–H groups in total. The number of nitrogens with zero attached hydrogens (tertiary/aromatic N) is 2. The topological polar surface area (TPSA) is 90.0 Å². The first-order chi connectivity index (χ1) is 9.40. The quantitative estimate of drug-likeness (QED) is 0.792. The maximum absolute atomic E-state index is 12.3. The molecular weight excluding hydrogens is 344 g/mol. The van der Waals surface area contributed by atoms with E-state index in [1.54, 1.807) is 42.3 Å². The summed E-state index contributed by atoms with van der Waals surface area (Å²) < 4.78 is 29.5. The number of nitrogens with two attached hydrogens (primary N) is 1. The third-order valence-electron chi connectivity index (χ3n) is 2.88. The third kappa shape index (κ3) is 3.38. The molecule has 1 aromatic carbocycles. The van der Waals surface area contributed by atoms with Crippen LogP contribution in [0.15, 0.2) is 40.2 Å². The lowest BCUT2D eigenvalue weighted by Crippen LogP contribution is -2.28. The number of sulfonamides is 1. The van der Waals surface area contributed by atoms with Crippen LogP contribution in [0, 0.1) is 6.92 Å². The molecule has 0 spiro atoms. The fraction of sp³-hybridized carbons (Fsp3) is 0.250. The van der Waals surface area contributed by atoms with E-state index in [0.29, 0.717) is 22.3 Å². The van der Waals surface area contributed by atoms with Gasteiger partial charge in [-0.25, -0.2) is 18.1 Å². The molecule has 0 saturated heterocycles. The van der Waals surface area contributed by atoms with Crippen LogP contribution in [-0.2, 0) is 16.6 Å². The van der Waals surface area contributed by atoms with Crippen molar-refractivity contribution in [3.05, 3.63) is 40.9 Å². The van der Waals surface area contributed by atoms with Crippen LogP contribution in [0.1, 0.15) is 5.56 Å². The highest BCUT2D eigenvalue weighted by Crippen LogP contribution is 2.26. The molecule has 0 bridgehead atoms. The van der Waals surface area contributed by atoms with E-state index >= 15 is 0 Å². The fourth-order valence-electron chi connectivity index (χ4n) is 1.76. The summed E-state index contributed by atoms with van der Waals surface area (Å²) in [5.74, 6) is 0. The van der Waals surface area contributed by atoms with Crippen molar-refractivity contribution in [2.24, 2.45) is 0 Å². The largest absolute Gasteiger partial charge is 0.398 e. The molecule has 0 atom stereocenters. The maximum atomic E-state index is 12.3. The van der Waals surface area contributed by atoms with Crippen LogP contribution in [0.3, 0.4) is 0 Å². The summed E-state index contributed by atoms with van der Waals surface area (Å²) in [7, 11) is -3.58. The number of nitrogens with one attached hydrogen (secondary N) is 1. The predicted octanol–water partition coefficient (Wildman–Crippen LogP) is 1.51. The molecule has 108 valence electrons. The number of aromatic nitrogens is 2. The van der Waals surface area contributed by atoms with Crippen molar-refractivity contribution in [3.63, 3.8) is 0 Å². The number of halogens is 1. The second-order valence-electron chi connectivity index (χ2n) is 4.32. The molecule has 0 aliphatic carbocycles. The molecule has 20 heavy (non-hydrogen) atoms. The highest BCUT2D eigenvalue weighted by molar-refractivity contribution is 9.10. The molecule has 0 fully saturated rings. The first-order valence-corrected chi connectivity index (χ1v) is 8.19. The van der Waals surface area contributed by atoms with Crippen LogP contribution in [0.25, 0.3) is 0 Å². The number of benzene rings is 1. The molecule has 6 nitrogen and oxygen atoms in total. The van der Waals surface area contributed by atoms with Gasteiger partial charge in [-0.2, -0.15) is 0 Å². The molecule has 0 radical (unpaired) electrons. The van der Waals surface area contributed by atoms with Gasteiger partial charge in [0.1, 0.15) is 0 Å². The Bertz CT molecular complexity index is 698. The smallest absolute Gasteiger partial charge is 0.241 e. The maximum Gasteiger partial charge on any atom is 0.241 e. The van der Waals surface area contributed by atoms with Gasteiger partial charge in [-0.3, -0.25) is 0 Å². The SMILES string of the molecule is Cc1c(N)cc(Br)cc1S(=O)(=O)NCCn1ccnc1. The molecule has 0 saturated carbocycles. The van der Waals surface area contributed by atoms with Gasteiger partial charge in [-0.05, 0) is 24.6 Å². The summed E-state index contributed by atoms with van der Waals surface area (Å²) in [4.78, 5) is 4.09. The lowest BCUT2D eigenvalue weighted by atomic mass is 10.2. The Morgan fingerprint density at radius 3 is 2.85 bits per heavy atom. The molecule has 1 aromatic heterocycles. The number of nitrogen functional groups attached to an aromatic ring is 1. The second kappa shape index (κ2) is 5.94. The molecule has 0 amide bonds. The zero-order valence-corrected chi connectivity index (χ0v) is 13.3. The average Bonchev–Trinajstić information content (AvgIpc) is 2.86. The summed E-state index contributed by atoms with van der Waals surface area (Å²) >= 11 is 3.25. The van der Waals surface area contributed by atoms with Crippen LogP contribution >= 0.6 is 15.9 Å². The molecule has 2 rings (SSSR count). The van der Waals surface area contributed by atoms with E-state index in [2.05, 4.69) is 25.6 Å². The second-order valence-corrected chi connectivity index (χ2v) is 6.97. The number of hydrogen-bond acceptors (Lipinski definition) is 4. The van der Waals surface area contributed by atoms with Crippen LogP contribution in [0.2, 0.25) is 0 Å². The Hall–Kier alpha value is -1.38. The number of anilines is 1. The normalized spacial score (nSPS) is 11.7. The van der Waals surface area contributed by atoms with E-state index in [-0.39, 0.29) is 11.4 Å². The van der Waals surface area contributed by atoms with Gasteiger partial charge < -0.3 is 10.3 Å². The van der Waals surface area contributed by atoms with Crippen molar-refractivity contribution in [3.8, 4) is 0 Å². The minimum absolute atomic E-state index is 0.190. The molecule has 1 heterocycles. The van der Waals surface area contributed by atoms with Gasteiger partial charge in [0.2, 0.25) is 10.0 Å². The molecule has 0 aliphatic rings. The molecule has 0 aliphatic heterocycles. The first kappa shape index (κ1) is 15.0. The Labute approximate surface area is 126 Å². The number of imidazole rings is 1. The van der Waals surface area contributed by atoms with Crippen molar-refractivity contribution in [1.82, 2.24) is 14.3 Å². The van der Waals surface area contributed by atoms with E-state index in [0.717, 1.165) is 0 Å². The fourth-order valence-corrected chi connectivity index (χ4v) is 3.70. The van der Waals surface area contributed by atoms with Crippen molar-refractivity contribution in [2.45, 2.75) is 18.4 Å². The minimum Gasteiger partial charge on any atom is -0.398 e. The van der Waals surface area contributed by atoms with Gasteiger partial charge in [-0.15, -0.1) is 0 Å².